The highest BCUT2D eigenvalue weighted by molar-refractivity contribution is 5.76. The highest BCUT2D eigenvalue weighted by Gasteiger charge is 2.44. The van der Waals surface area contributed by atoms with Gasteiger partial charge >= 0.3 is 0 Å². The fourth-order valence-electron chi connectivity index (χ4n) is 8.19. The van der Waals surface area contributed by atoms with Gasteiger partial charge in [0.1, 0.15) is 24.4 Å². The van der Waals surface area contributed by atoms with Gasteiger partial charge in [0.25, 0.3) is 0 Å². The molecular weight excluding hydrogens is 803 g/mol. The summed E-state index contributed by atoms with van der Waals surface area (Å²) in [6, 6.07) is -0.718. The van der Waals surface area contributed by atoms with Gasteiger partial charge in [-0.1, -0.05) is 222 Å². The van der Waals surface area contributed by atoms with E-state index in [0.717, 1.165) is 70.6 Å². The maximum atomic E-state index is 13.0. The first-order valence-electron chi connectivity index (χ1n) is 26.5. The molecule has 0 aromatic heterocycles. The van der Waals surface area contributed by atoms with Crippen molar-refractivity contribution in [3.05, 3.63) is 60.8 Å². The number of carbonyl (C=O) groups excluding carboxylic acids is 1. The lowest BCUT2D eigenvalue weighted by molar-refractivity contribution is -0.302. The Labute approximate surface area is 392 Å². The molecule has 372 valence electrons. The maximum Gasteiger partial charge on any atom is 0.220 e. The van der Waals surface area contributed by atoms with Gasteiger partial charge in [0.2, 0.25) is 5.91 Å². The van der Waals surface area contributed by atoms with Crippen molar-refractivity contribution < 1.29 is 39.8 Å². The third-order valence-corrected chi connectivity index (χ3v) is 12.4. The van der Waals surface area contributed by atoms with Crippen molar-refractivity contribution in [2.24, 2.45) is 0 Å². The maximum absolute atomic E-state index is 13.0. The van der Waals surface area contributed by atoms with Crippen molar-refractivity contribution in [1.29, 1.82) is 0 Å². The molecule has 9 heteroatoms. The Balaban J connectivity index is 2.12. The summed E-state index contributed by atoms with van der Waals surface area (Å²) in [5.74, 6) is -0.147. The predicted octanol–water partition coefficient (Wildman–Crippen LogP) is 12.3. The molecule has 9 nitrogen and oxygen atoms in total. The number of aliphatic hydroxyl groups is 5. The van der Waals surface area contributed by atoms with Crippen LogP contribution >= 0.6 is 0 Å². The normalized spacial score (nSPS) is 20.5. The minimum Gasteiger partial charge on any atom is -0.394 e. The van der Waals surface area contributed by atoms with Gasteiger partial charge in [-0.05, 0) is 57.8 Å². The summed E-state index contributed by atoms with van der Waals surface area (Å²) < 4.78 is 11.3. The van der Waals surface area contributed by atoms with Crippen LogP contribution in [0.2, 0.25) is 0 Å². The smallest absolute Gasteiger partial charge is 0.220 e. The van der Waals surface area contributed by atoms with Crippen LogP contribution in [-0.4, -0.2) is 87.5 Å². The molecule has 0 spiro atoms. The lowest BCUT2D eigenvalue weighted by Crippen LogP contribution is -2.60. The highest BCUT2D eigenvalue weighted by atomic mass is 16.7. The summed E-state index contributed by atoms with van der Waals surface area (Å²) in [6.07, 6.45) is 52.5. The fraction of sp³-hybridized carbons (Fsp3) is 0.800. The van der Waals surface area contributed by atoms with Crippen LogP contribution in [0.15, 0.2) is 60.8 Å². The Morgan fingerprint density at radius 2 is 0.969 bits per heavy atom. The number of unbranched alkanes of at least 4 members (excludes halogenated alkanes) is 24. The van der Waals surface area contributed by atoms with Crippen molar-refractivity contribution in [2.75, 3.05) is 13.2 Å². The van der Waals surface area contributed by atoms with E-state index in [1.807, 2.05) is 0 Å². The molecule has 1 heterocycles. The molecule has 0 aromatic rings. The number of aliphatic hydroxyl groups excluding tert-OH is 5. The van der Waals surface area contributed by atoms with Crippen molar-refractivity contribution in [3.8, 4) is 0 Å². The molecule has 0 radical (unpaired) electrons. The monoisotopic (exact) mass is 902 g/mol. The molecule has 1 aliphatic heterocycles. The highest BCUT2D eigenvalue weighted by Crippen LogP contribution is 2.23. The van der Waals surface area contributed by atoms with E-state index in [1.54, 1.807) is 0 Å². The fourth-order valence-corrected chi connectivity index (χ4v) is 8.19. The zero-order chi connectivity index (χ0) is 46.6. The van der Waals surface area contributed by atoms with Crippen LogP contribution in [0, 0.1) is 0 Å². The van der Waals surface area contributed by atoms with Gasteiger partial charge < -0.3 is 40.3 Å². The van der Waals surface area contributed by atoms with Gasteiger partial charge in [-0.25, -0.2) is 0 Å². The number of amides is 1. The van der Waals surface area contributed by atoms with Gasteiger partial charge in [0, 0.05) is 6.42 Å². The quantitative estimate of drug-likeness (QED) is 0.0262. The van der Waals surface area contributed by atoms with E-state index in [0.29, 0.717) is 12.8 Å². The number of nitrogens with one attached hydrogen (secondary N) is 1. The van der Waals surface area contributed by atoms with E-state index in [4.69, 9.17) is 9.47 Å². The van der Waals surface area contributed by atoms with E-state index >= 15 is 0 Å². The molecule has 1 amide bonds. The van der Waals surface area contributed by atoms with Crippen LogP contribution in [0.25, 0.3) is 0 Å². The van der Waals surface area contributed by atoms with Crippen LogP contribution in [0.3, 0.4) is 0 Å². The van der Waals surface area contributed by atoms with Gasteiger partial charge in [-0.2, -0.15) is 0 Å². The van der Waals surface area contributed by atoms with E-state index in [-0.39, 0.29) is 12.5 Å². The zero-order valence-corrected chi connectivity index (χ0v) is 41.0. The molecule has 6 N–H and O–H groups in total. The SMILES string of the molecule is CC/C=C\C/C=C\C/C=C\C/C=C\C/C=C\CCCCCCCCCCCCCCCCCC(=O)NC(COC1OC(CO)C(O)C(O)C1O)C(O)CCCCCCCCCCCC. The molecular formula is C55H99NO8. The van der Waals surface area contributed by atoms with E-state index in [1.165, 1.54) is 128 Å². The molecule has 0 aromatic carbocycles. The third-order valence-electron chi connectivity index (χ3n) is 12.4. The first-order chi connectivity index (χ1) is 31.3. The van der Waals surface area contributed by atoms with Crippen molar-refractivity contribution in [3.63, 3.8) is 0 Å². The van der Waals surface area contributed by atoms with Gasteiger partial charge in [-0.15, -0.1) is 0 Å². The first-order valence-corrected chi connectivity index (χ1v) is 26.5. The minimum atomic E-state index is -1.55. The second kappa shape index (κ2) is 44.7. The largest absolute Gasteiger partial charge is 0.394 e. The molecule has 1 fully saturated rings. The third kappa shape index (κ3) is 34.2. The molecule has 64 heavy (non-hydrogen) atoms. The van der Waals surface area contributed by atoms with Gasteiger partial charge in [0.05, 0.1) is 25.4 Å². The second-order valence-corrected chi connectivity index (χ2v) is 18.3. The lowest BCUT2D eigenvalue weighted by Gasteiger charge is -2.40. The Morgan fingerprint density at radius 3 is 1.44 bits per heavy atom. The molecule has 1 aliphatic rings. The summed E-state index contributed by atoms with van der Waals surface area (Å²) in [6.45, 7) is 3.70. The number of carbonyl (C=O) groups is 1. The average molecular weight is 902 g/mol. The van der Waals surface area contributed by atoms with Crippen LogP contribution in [0.4, 0.5) is 0 Å². The average Bonchev–Trinajstić information content (AvgIpc) is 3.29. The van der Waals surface area contributed by atoms with Crippen LogP contribution in [0.1, 0.15) is 226 Å². The standard InChI is InChI=1S/C55H99NO8/c1-3-5-7-9-11-13-15-16-17-18-19-20-21-22-23-24-25-26-27-28-29-30-31-32-33-34-35-37-39-41-43-45-51(59)56-48(47-63-55-54(62)53(61)52(60)50(46-57)64-55)49(58)44-42-40-38-36-14-12-10-8-6-4-2/h5,7,11,13,16-17,19-20,22-23,48-50,52-55,57-58,60-62H,3-4,6,8-10,12,14-15,18,21,24-47H2,1-2H3,(H,56,59)/b7-5-,13-11-,17-16-,20-19-,23-22-. The molecule has 1 saturated heterocycles. The predicted molar refractivity (Wildman–Crippen MR) is 267 cm³/mol. The molecule has 7 unspecified atom stereocenters. The Bertz CT molecular complexity index is 1180. The molecule has 0 bridgehead atoms. The molecule has 1 rings (SSSR count). The number of rotatable bonds is 44. The Kier molecular flexibility index (Phi) is 41.9. The van der Waals surface area contributed by atoms with E-state index in [9.17, 15) is 30.3 Å². The number of allylic oxidation sites excluding steroid dienone is 10. The van der Waals surface area contributed by atoms with Crippen molar-refractivity contribution in [1.82, 2.24) is 5.32 Å². The van der Waals surface area contributed by atoms with Crippen LogP contribution in [-0.2, 0) is 14.3 Å². The molecule has 0 saturated carbocycles. The van der Waals surface area contributed by atoms with Crippen molar-refractivity contribution in [2.45, 2.75) is 269 Å². The topological polar surface area (TPSA) is 149 Å². The van der Waals surface area contributed by atoms with Crippen LogP contribution < -0.4 is 5.32 Å². The van der Waals surface area contributed by atoms with Crippen molar-refractivity contribution >= 4 is 5.91 Å². The second-order valence-electron chi connectivity index (χ2n) is 18.3. The summed E-state index contributed by atoms with van der Waals surface area (Å²) in [4.78, 5) is 13.0. The lowest BCUT2D eigenvalue weighted by atomic mass is 9.99. The van der Waals surface area contributed by atoms with Gasteiger partial charge in [0.15, 0.2) is 6.29 Å². The number of hydrogen-bond donors (Lipinski definition) is 6. The number of ether oxygens (including phenoxy) is 2. The Hall–Kier alpha value is -2.11. The van der Waals surface area contributed by atoms with E-state index in [2.05, 4.69) is 79.9 Å². The van der Waals surface area contributed by atoms with Crippen LogP contribution in [0.5, 0.6) is 0 Å². The summed E-state index contributed by atoms with van der Waals surface area (Å²) >= 11 is 0. The zero-order valence-electron chi connectivity index (χ0n) is 41.0. The number of hydrogen-bond acceptors (Lipinski definition) is 8. The molecule has 7 atom stereocenters. The summed E-state index contributed by atoms with van der Waals surface area (Å²) in [5.41, 5.74) is 0. The minimum absolute atomic E-state index is 0.139. The summed E-state index contributed by atoms with van der Waals surface area (Å²) in [7, 11) is 0. The summed E-state index contributed by atoms with van der Waals surface area (Å²) in [5, 5.41) is 54.4. The molecule has 0 aliphatic carbocycles. The first kappa shape index (κ1) is 59.9. The Morgan fingerprint density at radius 1 is 0.547 bits per heavy atom. The van der Waals surface area contributed by atoms with Gasteiger partial charge in [-0.3, -0.25) is 4.79 Å². The van der Waals surface area contributed by atoms with E-state index < -0.39 is 49.5 Å².